The molecule has 1 amide bonds. The average Bonchev–Trinajstić information content (AvgIpc) is 2.35. The maximum atomic E-state index is 12.4. The van der Waals surface area contributed by atoms with Gasteiger partial charge in [0, 0.05) is 26.3 Å². The summed E-state index contributed by atoms with van der Waals surface area (Å²) in [6.45, 7) is 9.09. The number of rotatable bonds is 5. The van der Waals surface area contributed by atoms with Gasteiger partial charge < -0.3 is 15.4 Å². The van der Waals surface area contributed by atoms with E-state index < -0.39 is 5.54 Å². The number of amides is 1. The summed E-state index contributed by atoms with van der Waals surface area (Å²) in [6.07, 6.45) is 2.37. The van der Waals surface area contributed by atoms with Gasteiger partial charge in [0.1, 0.15) is 0 Å². The summed E-state index contributed by atoms with van der Waals surface area (Å²) in [4.78, 5) is 14.4. The second-order valence-electron chi connectivity index (χ2n) is 5.13. The topological polar surface area (TPSA) is 55.6 Å². The molecule has 0 aliphatic carbocycles. The van der Waals surface area contributed by atoms with Gasteiger partial charge >= 0.3 is 0 Å². The van der Waals surface area contributed by atoms with E-state index in [9.17, 15) is 4.79 Å². The van der Waals surface area contributed by atoms with Crippen molar-refractivity contribution in [3.05, 3.63) is 0 Å². The summed E-state index contributed by atoms with van der Waals surface area (Å²) >= 11 is 0. The Morgan fingerprint density at radius 3 is 2.47 bits per heavy atom. The summed E-state index contributed by atoms with van der Waals surface area (Å²) < 4.78 is 5.28. The fourth-order valence-electron chi connectivity index (χ4n) is 2.13. The predicted molar refractivity (Wildman–Crippen MR) is 68.7 cm³/mol. The number of carbonyl (C=O) groups is 1. The number of carbonyl (C=O) groups excluding carboxylic acids is 1. The molecule has 1 fully saturated rings. The monoisotopic (exact) mass is 242 g/mol. The Kier molecular flexibility index (Phi) is 5.40. The zero-order chi connectivity index (χ0) is 12.9. The maximum absolute atomic E-state index is 12.4. The molecule has 1 saturated heterocycles. The van der Waals surface area contributed by atoms with Gasteiger partial charge in [-0.1, -0.05) is 20.3 Å². The van der Waals surface area contributed by atoms with Gasteiger partial charge in [-0.25, -0.2) is 0 Å². The molecule has 4 nitrogen and oxygen atoms in total. The highest BCUT2D eigenvalue weighted by molar-refractivity contribution is 5.86. The number of likely N-dealkylation sites (N-methyl/N-ethyl adjacent to an activating group) is 1. The summed E-state index contributed by atoms with van der Waals surface area (Å²) in [7, 11) is 0. The minimum Gasteiger partial charge on any atom is -0.381 e. The molecule has 0 aromatic heterocycles. The average molecular weight is 242 g/mol. The Morgan fingerprint density at radius 1 is 1.41 bits per heavy atom. The van der Waals surface area contributed by atoms with Crippen LogP contribution in [0.25, 0.3) is 0 Å². The van der Waals surface area contributed by atoms with E-state index in [-0.39, 0.29) is 5.91 Å². The molecule has 1 rings (SSSR count). The molecule has 1 unspecified atom stereocenters. The first-order valence-corrected chi connectivity index (χ1v) is 6.69. The SMILES string of the molecule is CCC(C)CN(CC)C(=O)C1(N)CCOCC1. The zero-order valence-corrected chi connectivity index (χ0v) is 11.4. The summed E-state index contributed by atoms with van der Waals surface area (Å²) in [5.74, 6) is 0.631. The smallest absolute Gasteiger partial charge is 0.242 e. The van der Waals surface area contributed by atoms with E-state index >= 15 is 0 Å². The van der Waals surface area contributed by atoms with Crippen LogP contribution in [-0.4, -0.2) is 42.6 Å². The highest BCUT2D eigenvalue weighted by Gasteiger charge is 2.38. The lowest BCUT2D eigenvalue weighted by Gasteiger charge is -2.37. The second kappa shape index (κ2) is 6.36. The van der Waals surface area contributed by atoms with Crippen LogP contribution >= 0.6 is 0 Å². The molecule has 1 heterocycles. The molecule has 0 saturated carbocycles. The zero-order valence-electron chi connectivity index (χ0n) is 11.4. The third kappa shape index (κ3) is 3.68. The molecule has 0 bridgehead atoms. The summed E-state index contributed by atoms with van der Waals surface area (Å²) in [5.41, 5.74) is 5.53. The van der Waals surface area contributed by atoms with Crippen LogP contribution in [-0.2, 0) is 9.53 Å². The maximum Gasteiger partial charge on any atom is 0.242 e. The van der Waals surface area contributed by atoms with Crippen molar-refractivity contribution in [1.29, 1.82) is 0 Å². The molecule has 0 aromatic carbocycles. The summed E-state index contributed by atoms with van der Waals surface area (Å²) in [5, 5.41) is 0. The third-order valence-corrected chi connectivity index (χ3v) is 3.71. The Labute approximate surface area is 104 Å². The van der Waals surface area contributed by atoms with Gasteiger partial charge in [0.25, 0.3) is 0 Å². The number of ether oxygens (including phenoxy) is 1. The fourth-order valence-corrected chi connectivity index (χ4v) is 2.13. The van der Waals surface area contributed by atoms with Crippen LogP contribution in [0.1, 0.15) is 40.0 Å². The van der Waals surface area contributed by atoms with Crippen molar-refractivity contribution in [2.75, 3.05) is 26.3 Å². The van der Waals surface area contributed by atoms with Crippen LogP contribution in [0.4, 0.5) is 0 Å². The van der Waals surface area contributed by atoms with E-state index in [1.807, 2.05) is 11.8 Å². The molecule has 1 aliphatic rings. The van der Waals surface area contributed by atoms with Gasteiger partial charge in [0.05, 0.1) is 5.54 Å². The number of hydrogen-bond donors (Lipinski definition) is 1. The number of nitrogens with zero attached hydrogens (tertiary/aromatic N) is 1. The first kappa shape index (κ1) is 14.5. The lowest BCUT2D eigenvalue weighted by atomic mass is 9.89. The first-order valence-electron chi connectivity index (χ1n) is 6.69. The Bertz CT molecular complexity index is 250. The molecule has 17 heavy (non-hydrogen) atoms. The summed E-state index contributed by atoms with van der Waals surface area (Å²) in [6, 6.07) is 0. The highest BCUT2D eigenvalue weighted by Crippen LogP contribution is 2.21. The van der Waals surface area contributed by atoms with Crippen LogP contribution in [0.5, 0.6) is 0 Å². The largest absolute Gasteiger partial charge is 0.381 e. The van der Waals surface area contributed by atoms with E-state index in [0.29, 0.717) is 32.0 Å². The molecular weight excluding hydrogens is 216 g/mol. The van der Waals surface area contributed by atoms with Crippen molar-refractivity contribution in [3.63, 3.8) is 0 Å². The van der Waals surface area contributed by atoms with E-state index in [0.717, 1.165) is 19.5 Å². The van der Waals surface area contributed by atoms with Crippen molar-refractivity contribution in [1.82, 2.24) is 4.90 Å². The number of hydrogen-bond acceptors (Lipinski definition) is 3. The van der Waals surface area contributed by atoms with E-state index in [1.54, 1.807) is 0 Å². The Hall–Kier alpha value is -0.610. The van der Waals surface area contributed by atoms with Crippen LogP contribution in [0.15, 0.2) is 0 Å². The van der Waals surface area contributed by atoms with Gasteiger partial charge in [-0.2, -0.15) is 0 Å². The minimum absolute atomic E-state index is 0.101. The molecule has 1 atom stereocenters. The highest BCUT2D eigenvalue weighted by atomic mass is 16.5. The standard InChI is InChI=1S/C13H26N2O2/c1-4-11(3)10-15(5-2)12(16)13(14)6-8-17-9-7-13/h11H,4-10,14H2,1-3H3. The van der Waals surface area contributed by atoms with E-state index in [4.69, 9.17) is 10.5 Å². The Morgan fingerprint density at radius 2 is 2.00 bits per heavy atom. The van der Waals surface area contributed by atoms with Crippen LogP contribution in [0, 0.1) is 5.92 Å². The molecule has 1 aliphatic heterocycles. The van der Waals surface area contributed by atoms with Crippen LogP contribution in [0.2, 0.25) is 0 Å². The molecule has 0 radical (unpaired) electrons. The van der Waals surface area contributed by atoms with Crippen molar-refractivity contribution in [2.45, 2.75) is 45.6 Å². The molecule has 100 valence electrons. The second-order valence-corrected chi connectivity index (χ2v) is 5.13. The Balaban J connectivity index is 2.64. The molecule has 0 spiro atoms. The van der Waals surface area contributed by atoms with E-state index in [2.05, 4.69) is 13.8 Å². The third-order valence-electron chi connectivity index (χ3n) is 3.71. The minimum atomic E-state index is -0.693. The van der Waals surface area contributed by atoms with E-state index in [1.165, 1.54) is 0 Å². The first-order chi connectivity index (χ1) is 8.03. The molecule has 2 N–H and O–H groups in total. The van der Waals surface area contributed by atoms with Gasteiger partial charge in [-0.15, -0.1) is 0 Å². The van der Waals surface area contributed by atoms with Crippen molar-refractivity contribution in [2.24, 2.45) is 11.7 Å². The van der Waals surface area contributed by atoms with Crippen molar-refractivity contribution >= 4 is 5.91 Å². The lowest BCUT2D eigenvalue weighted by Crippen LogP contribution is -2.58. The fraction of sp³-hybridized carbons (Fsp3) is 0.923. The van der Waals surface area contributed by atoms with Crippen LogP contribution in [0.3, 0.4) is 0 Å². The van der Waals surface area contributed by atoms with Gasteiger partial charge in [-0.05, 0) is 25.7 Å². The molecule has 4 heteroatoms. The van der Waals surface area contributed by atoms with Gasteiger partial charge in [0.2, 0.25) is 5.91 Å². The van der Waals surface area contributed by atoms with Gasteiger partial charge in [0.15, 0.2) is 0 Å². The molecular formula is C13H26N2O2. The lowest BCUT2D eigenvalue weighted by molar-refractivity contribution is -0.141. The van der Waals surface area contributed by atoms with Crippen molar-refractivity contribution in [3.8, 4) is 0 Å². The van der Waals surface area contributed by atoms with Gasteiger partial charge in [-0.3, -0.25) is 4.79 Å². The number of nitrogens with two attached hydrogens (primary N) is 1. The predicted octanol–water partition coefficient (Wildman–Crippen LogP) is 1.39. The quantitative estimate of drug-likeness (QED) is 0.792. The molecule has 0 aromatic rings. The van der Waals surface area contributed by atoms with Crippen molar-refractivity contribution < 1.29 is 9.53 Å². The van der Waals surface area contributed by atoms with Crippen LogP contribution < -0.4 is 5.73 Å². The normalized spacial score (nSPS) is 20.9.